The summed E-state index contributed by atoms with van der Waals surface area (Å²) >= 11 is 11.8. The maximum absolute atomic E-state index is 11.8. The number of carbonyl (C=O) groups is 2. The van der Waals surface area contributed by atoms with E-state index in [9.17, 15) is 14.7 Å². The molecular formula is C16H13Cl2NO5. The van der Waals surface area contributed by atoms with Crippen molar-refractivity contribution in [3.05, 3.63) is 57.6 Å². The molecule has 0 saturated heterocycles. The molecular weight excluding hydrogens is 357 g/mol. The summed E-state index contributed by atoms with van der Waals surface area (Å²) < 4.78 is 4.80. The Labute approximate surface area is 147 Å². The van der Waals surface area contributed by atoms with E-state index in [0.29, 0.717) is 15.6 Å². The molecule has 0 aliphatic carbocycles. The van der Waals surface area contributed by atoms with E-state index in [-0.39, 0.29) is 17.9 Å². The van der Waals surface area contributed by atoms with Gasteiger partial charge in [0.1, 0.15) is 17.1 Å². The van der Waals surface area contributed by atoms with Crippen LogP contribution in [0.25, 0.3) is 0 Å². The highest BCUT2D eigenvalue weighted by Gasteiger charge is 2.15. The Morgan fingerprint density at radius 1 is 1.08 bits per heavy atom. The Balaban J connectivity index is 1.85. The molecule has 6 nitrogen and oxygen atoms in total. The normalized spacial score (nSPS) is 10.2. The van der Waals surface area contributed by atoms with Gasteiger partial charge in [0.15, 0.2) is 6.61 Å². The minimum atomic E-state index is -0.882. The maximum atomic E-state index is 11.8. The molecule has 126 valence electrons. The predicted molar refractivity (Wildman–Crippen MR) is 88.4 cm³/mol. The number of hydrogen-bond acceptors (Lipinski definition) is 5. The van der Waals surface area contributed by atoms with E-state index >= 15 is 0 Å². The van der Waals surface area contributed by atoms with Crippen LogP contribution in [0.1, 0.15) is 15.9 Å². The van der Waals surface area contributed by atoms with E-state index in [0.717, 1.165) is 6.07 Å². The Morgan fingerprint density at radius 3 is 2.50 bits per heavy atom. The molecule has 0 atom stereocenters. The lowest BCUT2D eigenvalue weighted by Gasteiger charge is -2.09. The molecule has 0 fully saturated rings. The molecule has 24 heavy (non-hydrogen) atoms. The number of rotatable bonds is 5. The number of phenolic OH excluding ortho intramolecular Hbond substituents is 2. The van der Waals surface area contributed by atoms with E-state index in [1.807, 2.05) is 0 Å². The number of benzene rings is 2. The van der Waals surface area contributed by atoms with E-state index in [4.69, 9.17) is 33.0 Å². The molecule has 0 saturated carbocycles. The zero-order valence-electron chi connectivity index (χ0n) is 12.3. The second-order valence-electron chi connectivity index (χ2n) is 4.79. The summed E-state index contributed by atoms with van der Waals surface area (Å²) in [7, 11) is 0. The number of halogens is 2. The molecule has 0 radical (unpaired) electrons. The second-order valence-corrected chi connectivity index (χ2v) is 5.63. The highest BCUT2D eigenvalue weighted by atomic mass is 35.5. The summed E-state index contributed by atoms with van der Waals surface area (Å²) in [4.78, 5) is 23.5. The van der Waals surface area contributed by atoms with Crippen molar-refractivity contribution in [2.75, 3.05) is 6.61 Å². The van der Waals surface area contributed by atoms with Gasteiger partial charge < -0.3 is 20.3 Å². The van der Waals surface area contributed by atoms with Gasteiger partial charge in [-0.25, -0.2) is 4.79 Å². The van der Waals surface area contributed by atoms with Crippen molar-refractivity contribution in [1.82, 2.24) is 5.32 Å². The molecule has 2 aromatic carbocycles. The fourth-order valence-corrected chi connectivity index (χ4v) is 2.29. The Morgan fingerprint density at radius 2 is 1.83 bits per heavy atom. The molecule has 2 aromatic rings. The standard InChI is InChI=1S/C16H13Cl2NO5/c17-10-2-1-9(13(18)5-10)7-19-15(22)8-24-16(23)12-4-3-11(20)6-14(12)21/h1-6,20-21H,7-8H2,(H,19,22). The van der Waals surface area contributed by atoms with Gasteiger partial charge in [-0.3, -0.25) is 4.79 Å². The first kappa shape index (κ1) is 17.9. The van der Waals surface area contributed by atoms with Gasteiger partial charge in [0.25, 0.3) is 5.91 Å². The van der Waals surface area contributed by atoms with Crippen LogP contribution in [0.5, 0.6) is 11.5 Å². The third-order valence-electron chi connectivity index (χ3n) is 3.03. The summed E-state index contributed by atoms with van der Waals surface area (Å²) in [6.45, 7) is -0.374. The van der Waals surface area contributed by atoms with Crippen molar-refractivity contribution in [3.8, 4) is 11.5 Å². The molecule has 8 heteroatoms. The molecule has 0 spiro atoms. The highest BCUT2D eigenvalue weighted by molar-refractivity contribution is 6.35. The smallest absolute Gasteiger partial charge is 0.342 e. The van der Waals surface area contributed by atoms with Gasteiger partial charge in [0.05, 0.1) is 0 Å². The summed E-state index contributed by atoms with van der Waals surface area (Å²) in [5, 5.41) is 22.1. The number of carbonyl (C=O) groups excluding carboxylic acids is 2. The van der Waals surface area contributed by atoms with Crippen LogP contribution in [0.2, 0.25) is 10.0 Å². The van der Waals surface area contributed by atoms with E-state index in [2.05, 4.69) is 5.32 Å². The van der Waals surface area contributed by atoms with Crippen molar-refractivity contribution in [3.63, 3.8) is 0 Å². The number of ether oxygens (including phenoxy) is 1. The lowest BCUT2D eigenvalue weighted by atomic mass is 10.2. The van der Waals surface area contributed by atoms with E-state index in [1.54, 1.807) is 18.2 Å². The molecule has 3 N–H and O–H groups in total. The van der Waals surface area contributed by atoms with Crippen molar-refractivity contribution in [2.24, 2.45) is 0 Å². The van der Waals surface area contributed by atoms with Crippen LogP contribution in [0.15, 0.2) is 36.4 Å². The van der Waals surface area contributed by atoms with Crippen LogP contribution in [-0.4, -0.2) is 28.7 Å². The number of amides is 1. The van der Waals surface area contributed by atoms with Crippen molar-refractivity contribution in [1.29, 1.82) is 0 Å². The van der Waals surface area contributed by atoms with Gasteiger partial charge in [0, 0.05) is 22.7 Å². The summed E-state index contributed by atoms with van der Waals surface area (Å²) in [6.07, 6.45) is 0. The monoisotopic (exact) mass is 369 g/mol. The quantitative estimate of drug-likeness (QED) is 0.704. The van der Waals surface area contributed by atoms with Crippen LogP contribution >= 0.6 is 23.2 Å². The first-order chi connectivity index (χ1) is 11.4. The molecule has 0 bridgehead atoms. The first-order valence-electron chi connectivity index (χ1n) is 6.76. The fourth-order valence-electron chi connectivity index (χ4n) is 1.81. The number of hydrogen-bond donors (Lipinski definition) is 3. The summed E-state index contributed by atoms with van der Waals surface area (Å²) in [6, 6.07) is 8.28. The van der Waals surface area contributed by atoms with Gasteiger partial charge in [0.2, 0.25) is 0 Å². The molecule has 0 aliphatic rings. The first-order valence-corrected chi connectivity index (χ1v) is 7.52. The van der Waals surface area contributed by atoms with Crippen molar-refractivity contribution in [2.45, 2.75) is 6.54 Å². The Kier molecular flexibility index (Phi) is 5.89. The molecule has 0 aromatic heterocycles. The number of aromatic hydroxyl groups is 2. The summed E-state index contributed by atoms with van der Waals surface area (Å²) in [5.41, 5.74) is 0.512. The van der Waals surface area contributed by atoms with Crippen LogP contribution in [0.3, 0.4) is 0 Å². The summed E-state index contributed by atoms with van der Waals surface area (Å²) in [5.74, 6) is -2.05. The van der Waals surface area contributed by atoms with Crippen LogP contribution in [0, 0.1) is 0 Å². The lowest BCUT2D eigenvalue weighted by Crippen LogP contribution is -2.28. The van der Waals surface area contributed by atoms with Gasteiger partial charge in [-0.15, -0.1) is 0 Å². The molecule has 0 heterocycles. The molecule has 0 unspecified atom stereocenters. The minimum Gasteiger partial charge on any atom is -0.508 e. The molecule has 0 aliphatic heterocycles. The van der Waals surface area contributed by atoms with Crippen LogP contribution in [0.4, 0.5) is 0 Å². The van der Waals surface area contributed by atoms with Gasteiger partial charge in [-0.05, 0) is 29.8 Å². The Hall–Kier alpha value is -2.44. The average molecular weight is 370 g/mol. The fraction of sp³-hybridized carbons (Fsp3) is 0.125. The third kappa shape index (κ3) is 4.78. The van der Waals surface area contributed by atoms with Gasteiger partial charge in [-0.1, -0.05) is 29.3 Å². The molecule has 1 amide bonds. The average Bonchev–Trinajstić information content (AvgIpc) is 2.51. The lowest BCUT2D eigenvalue weighted by molar-refractivity contribution is -0.124. The number of nitrogens with one attached hydrogen (secondary N) is 1. The minimum absolute atomic E-state index is 0.150. The second kappa shape index (κ2) is 7.90. The predicted octanol–water partition coefficient (Wildman–Crippen LogP) is 2.88. The molecule has 2 rings (SSSR count). The van der Waals surface area contributed by atoms with Gasteiger partial charge >= 0.3 is 5.97 Å². The Bertz CT molecular complexity index is 779. The van der Waals surface area contributed by atoms with Crippen LogP contribution in [-0.2, 0) is 16.1 Å². The zero-order valence-corrected chi connectivity index (χ0v) is 13.8. The topological polar surface area (TPSA) is 95.9 Å². The maximum Gasteiger partial charge on any atom is 0.342 e. The largest absolute Gasteiger partial charge is 0.508 e. The van der Waals surface area contributed by atoms with E-state index in [1.165, 1.54) is 12.1 Å². The number of esters is 1. The van der Waals surface area contributed by atoms with E-state index < -0.39 is 24.2 Å². The van der Waals surface area contributed by atoms with Crippen molar-refractivity contribution < 1.29 is 24.5 Å². The SMILES string of the molecule is O=C(COC(=O)c1ccc(O)cc1O)NCc1ccc(Cl)cc1Cl. The van der Waals surface area contributed by atoms with Crippen molar-refractivity contribution >= 4 is 35.1 Å². The highest BCUT2D eigenvalue weighted by Crippen LogP contribution is 2.23. The van der Waals surface area contributed by atoms with Gasteiger partial charge in [-0.2, -0.15) is 0 Å². The zero-order chi connectivity index (χ0) is 17.7. The van der Waals surface area contributed by atoms with Crippen LogP contribution < -0.4 is 5.32 Å². The third-order valence-corrected chi connectivity index (χ3v) is 3.61. The number of phenols is 2.